The van der Waals surface area contributed by atoms with Crippen molar-refractivity contribution >= 4 is 17.4 Å². The van der Waals surface area contributed by atoms with E-state index in [1.165, 1.54) is 17.8 Å². The minimum atomic E-state index is -0.186. The van der Waals surface area contributed by atoms with Gasteiger partial charge in [0.1, 0.15) is 11.6 Å². The van der Waals surface area contributed by atoms with Crippen LogP contribution in [0.25, 0.3) is 0 Å². The number of nitrogen functional groups attached to an aromatic ring is 1. The highest BCUT2D eigenvalue weighted by Gasteiger charge is 2.06. The second-order valence-corrected chi connectivity index (χ2v) is 5.03. The van der Waals surface area contributed by atoms with Crippen molar-refractivity contribution in [3.63, 3.8) is 0 Å². The van der Waals surface area contributed by atoms with E-state index in [0.717, 1.165) is 10.6 Å². The van der Waals surface area contributed by atoms with Crippen LogP contribution in [0.4, 0.5) is 10.1 Å². The van der Waals surface area contributed by atoms with Gasteiger partial charge in [0, 0.05) is 16.3 Å². The molecule has 0 aromatic heterocycles. The number of ether oxygens (including phenoxy) is 1. The molecule has 2 aromatic carbocycles. The number of halogens is 1. The lowest BCUT2D eigenvalue weighted by molar-refractivity contribution is 0.339. The normalized spacial score (nSPS) is 10.4. The molecule has 0 heterocycles. The number of thioether (sulfide) groups is 1. The Balaban J connectivity index is 2.10. The second-order valence-electron chi connectivity index (χ2n) is 4.01. The zero-order valence-electron chi connectivity index (χ0n) is 10.7. The third kappa shape index (κ3) is 3.64. The molecule has 2 rings (SSSR count). The van der Waals surface area contributed by atoms with Gasteiger partial charge in [0.05, 0.1) is 6.61 Å². The monoisotopic (exact) mass is 277 g/mol. The molecule has 2 aromatic rings. The Morgan fingerprint density at radius 1 is 1.21 bits per heavy atom. The summed E-state index contributed by atoms with van der Waals surface area (Å²) in [7, 11) is 0. The number of hydrogen-bond acceptors (Lipinski definition) is 3. The molecule has 0 aliphatic carbocycles. The van der Waals surface area contributed by atoms with Gasteiger partial charge in [-0.1, -0.05) is 18.2 Å². The fourth-order valence-electron chi connectivity index (χ4n) is 1.67. The lowest BCUT2D eigenvalue weighted by atomic mass is 10.2. The van der Waals surface area contributed by atoms with Gasteiger partial charge >= 0.3 is 0 Å². The zero-order chi connectivity index (χ0) is 13.7. The van der Waals surface area contributed by atoms with Crippen molar-refractivity contribution in [2.45, 2.75) is 17.6 Å². The van der Waals surface area contributed by atoms with E-state index in [4.69, 9.17) is 10.5 Å². The quantitative estimate of drug-likeness (QED) is 0.660. The molecule has 0 saturated carbocycles. The first-order valence-electron chi connectivity index (χ1n) is 6.09. The highest BCUT2D eigenvalue weighted by molar-refractivity contribution is 7.98. The van der Waals surface area contributed by atoms with Gasteiger partial charge in [-0.2, -0.15) is 0 Å². The van der Waals surface area contributed by atoms with Crippen LogP contribution < -0.4 is 10.5 Å². The van der Waals surface area contributed by atoms with Crippen LogP contribution in [-0.2, 0) is 5.75 Å². The maximum Gasteiger partial charge on any atom is 0.127 e. The van der Waals surface area contributed by atoms with Crippen LogP contribution >= 0.6 is 11.8 Å². The fraction of sp³-hybridized carbons (Fsp3) is 0.200. The van der Waals surface area contributed by atoms with Gasteiger partial charge in [-0.05, 0) is 36.8 Å². The first kappa shape index (κ1) is 13.7. The number of hydrogen-bond donors (Lipinski definition) is 1. The van der Waals surface area contributed by atoms with Crippen molar-refractivity contribution in [1.29, 1.82) is 0 Å². The van der Waals surface area contributed by atoms with Crippen LogP contribution in [0.15, 0.2) is 47.4 Å². The Morgan fingerprint density at radius 3 is 2.74 bits per heavy atom. The molecule has 19 heavy (non-hydrogen) atoms. The molecule has 0 unspecified atom stereocenters. The Hall–Kier alpha value is -1.68. The lowest BCUT2D eigenvalue weighted by Gasteiger charge is -2.09. The van der Waals surface area contributed by atoms with Crippen LogP contribution in [0, 0.1) is 5.82 Å². The first-order chi connectivity index (χ1) is 9.20. The number of benzene rings is 2. The Kier molecular flexibility index (Phi) is 4.68. The fourth-order valence-corrected chi connectivity index (χ4v) is 2.65. The molecule has 0 radical (unpaired) electrons. The number of nitrogens with two attached hydrogens (primary N) is 1. The molecule has 0 aliphatic rings. The standard InChI is InChI=1S/C15H16FNOS/c1-2-18-12-7-8-14(17)15(9-12)19-10-11-5-3-4-6-13(11)16/h3-9H,2,10,17H2,1H3. The average molecular weight is 277 g/mol. The largest absolute Gasteiger partial charge is 0.494 e. The molecule has 0 saturated heterocycles. The summed E-state index contributed by atoms with van der Waals surface area (Å²) in [6.07, 6.45) is 0. The topological polar surface area (TPSA) is 35.2 Å². The maximum atomic E-state index is 13.5. The first-order valence-corrected chi connectivity index (χ1v) is 7.07. The number of rotatable bonds is 5. The van der Waals surface area contributed by atoms with Crippen LogP contribution in [0.2, 0.25) is 0 Å². The van der Waals surface area contributed by atoms with E-state index in [-0.39, 0.29) is 5.82 Å². The molecule has 100 valence electrons. The molecular formula is C15H16FNOS. The minimum Gasteiger partial charge on any atom is -0.494 e. The Labute approximate surface area is 116 Å². The van der Waals surface area contributed by atoms with Gasteiger partial charge in [-0.3, -0.25) is 0 Å². The minimum absolute atomic E-state index is 0.186. The van der Waals surface area contributed by atoms with Gasteiger partial charge in [0.25, 0.3) is 0 Å². The molecular weight excluding hydrogens is 261 g/mol. The van der Waals surface area contributed by atoms with Gasteiger partial charge in [0.15, 0.2) is 0 Å². The zero-order valence-corrected chi connectivity index (χ0v) is 11.5. The molecule has 0 aliphatic heterocycles. The molecule has 0 amide bonds. The van der Waals surface area contributed by atoms with Crippen molar-refractivity contribution < 1.29 is 9.13 Å². The summed E-state index contributed by atoms with van der Waals surface area (Å²) in [5.74, 6) is 1.15. The van der Waals surface area contributed by atoms with Gasteiger partial charge in [0.2, 0.25) is 0 Å². The van der Waals surface area contributed by atoms with Crippen molar-refractivity contribution in [1.82, 2.24) is 0 Å². The molecule has 2 nitrogen and oxygen atoms in total. The average Bonchev–Trinajstić information content (AvgIpc) is 2.41. The summed E-state index contributed by atoms with van der Waals surface area (Å²) in [5.41, 5.74) is 7.28. The van der Waals surface area contributed by atoms with Crippen molar-refractivity contribution in [2.24, 2.45) is 0 Å². The third-order valence-electron chi connectivity index (χ3n) is 2.64. The molecule has 4 heteroatoms. The lowest BCUT2D eigenvalue weighted by Crippen LogP contribution is -1.95. The van der Waals surface area contributed by atoms with Crippen LogP contribution in [0.5, 0.6) is 5.75 Å². The summed E-state index contributed by atoms with van der Waals surface area (Å²) >= 11 is 1.51. The molecule has 0 atom stereocenters. The molecule has 0 fully saturated rings. The summed E-state index contributed by atoms with van der Waals surface area (Å²) in [5, 5.41) is 0. The van der Waals surface area contributed by atoms with E-state index in [1.54, 1.807) is 12.1 Å². The SMILES string of the molecule is CCOc1ccc(N)c(SCc2ccccc2F)c1. The highest BCUT2D eigenvalue weighted by Crippen LogP contribution is 2.32. The van der Waals surface area contributed by atoms with E-state index >= 15 is 0 Å². The van der Waals surface area contributed by atoms with Gasteiger partial charge in [-0.25, -0.2) is 4.39 Å². The van der Waals surface area contributed by atoms with Crippen LogP contribution in [0.1, 0.15) is 12.5 Å². The summed E-state index contributed by atoms with van der Waals surface area (Å²) in [6.45, 7) is 2.55. The Bertz CT molecular complexity index is 560. The van der Waals surface area contributed by atoms with Crippen molar-refractivity contribution in [3.05, 3.63) is 53.8 Å². The smallest absolute Gasteiger partial charge is 0.127 e. The maximum absolute atomic E-state index is 13.5. The predicted molar refractivity (Wildman–Crippen MR) is 78.0 cm³/mol. The molecule has 2 N–H and O–H groups in total. The molecule has 0 spiro atoms. The number of anilines is 1. The van der Waals surface area contributed by atoms with Gasteiger partial charge < -0.3 is 10.5 Å². The van der Waals surface area contributed by atoms with Crippen LogP contribution in [0.3, 0.4) is 0 Å². The second kappa shape index (κ2) is 6.48. The van der Waals surface area contributed by atoms with E-state index in [1.807, 2.05) is 31.2 Å². The summed E-state index contributed by atoms with van der Waals surface area (Å²) < 4.78 is 19.0. The predicted octanol–water partition coefficient (Wildman–Crippen LogP) is 4.10. The highest BCUT2D eigenvalue weighted by atomic mass is 32.2. The molecule has 0 bridgehead atoms. The van der Waals surface area contributed by atoms with Crippen molar-refractivity contribution in [2.75, 3.05) is 12.3 Å². The van der Waals surface area contributed by atoms with E-state index in [2.05, 4.69) is 0 Å². The third-order valence-corrected chi connectivity index (χ3v) is 3.76. The van der Waals surface area contributed by atoms with E-state index in [9.17, 15) is 4.39 Å². The van der Waals surface area contributed by atoms with Crippen molar-refractivity contribution in [3.8, 4) is 5.75 Å². The summed E-state index contributed by atoms with van der Waals surface area (Å²) in [4.78, 5) is 0.911. The van der Waals surface area contributed by atoms with E-state index in [0.29, 0.717) is 23.6 Å². The Morgan fingerprint density at radius 2 is 2.00 bits per heavy atom. The summed E-state index contributed by atoms with van der Waals surface area (Å²) in [6, 6.07) is 12.3. The van der Waals surface area contributed by atoms with Crippen LogP contribution in [-0.4, -0.2) is 6.61 Å². The van der Waals surface area contributed by atoms with E-state index < -0.39 is 0 Å². The van der Waals surface area contributed by atoms with Gasteiger partial charge in [-0.15, -0.1) is 11.8 Å².